The van der Waals surface area contributed by atoms with Crippen LogP contribution in [0.5, 0.6) is 0 Å². The normalized spacial score (nSPS) is 18.5. The highest BCUT2D eigenvalue weighted by Gasteiger charge is 2.25. The molecule has 2 aromatic carbocycles. The fourth-order valence-corrected chi connectivity index (χ4v) is 3.27. The zero-order chi connectivity index (χ0) is 17.1. The number of aliphatic hydroxyl groups is 1. The van der Waals surface area contributed by atoms with Crippen LogP contribution in [0, 0.1) is 11.3 Å². The molecular weight excluding hydrogens is 298 g/mol. The summed E-state index contributed by atoms with van der Waals surface area (Å²) in [5, 5.41) is 19.6. The van der Waals surface area contributed by atoms with Crippen LogP contribution in [-0.2, 0) is 0 Å². The summed E-state index contributed by atoms with van der Waals surface area (Å²) in [6.07, 6.45) is 0.460. The Bertz CT molecular complexity index is 735. The van der Waals surface area contributed by atoms with Crippen molar-refractivity contribution in [1.29, 1.82) is 5.26 Å². The van der Waals surface area contributed by atoms with E-state index in [4.69, 9.17) is 5.26 Å². The highest BCUT2D eigenvalue weighted by Crippen LogP contribution is 2.34. The number of anilines is 2. The van der Waals surface area contributed by atoms with Crippen molar-refractivity contribution in [3.63, 3.8) is 0 Å². The van der Waals surface area contributed by atoms with Gasteiger partial charge >= 0.3 is 0 Å². The summed E-state index contributed by atoms with van der Waals surface area (Å²) in [4.78, 5) is 4.57. The number of β-amino-alcohol motifs (C(OH)–C–C–N with tert-alkyl or cyclic N) is 1. The zero-order valence-electron chi connectivity index (χ0n) is 14.2. The molecular formula is C20H23N3O. The maximum Gasteiger partial charge on any atom is 0.0991 e. The molecule has 0 saturated carbocycles. The van der Waals surface area contributed by atoms with E-state index in [1.54, 1.807) is 12.1 Å². The van der Waals surface area contributed by atoms with Crippen molar-refractivity contribution in [2.45, 2.75) is 25.5 Å². The first-order valence-electron chi connectivity index (χ1n) is 8.35. The summed E-state index contributed by atoms with van der Waals surface area (Å²) in [6.45, 7) is 3.75. The first kappa shape index (κ1) is 16.4. The van der Waals surface area contributed by atoms with Crippen LogP contribution in [0.2, 0.25) is 0 Å². The van der Waals surface area contributed by atoms with Gasteiger partial charge in [-0.1, -0.05) is 24.3 Å². The fourth-order valence-electron chi connectivity index (χ4n) is 3.27. The topological polar surface area (TPSA) is 50.5 Å². The second-order valence-electron chi connectivity index (χ2n) is 6.45. The summed E-state index contributed by atoms with van der Waals surface area (Å²) in [5.41, 5.74) is 3.82. The van der Waals surface area contributed by atoms with Crippen LogP contribution in [0.1, 0.15) is 30.6 Å². The first-order valence-corrected chi connectivity index (χ1v) is 8.35. The minimum Gasteiger partial charge on any atom is -0.387 e. The number of nitriles is 1. The molecule has 0 amide bonds. The molecule has 0 bridgehead atoms. The van der Waals surface area contributed by atoms with Crippen LogP contribution in [0.4, 0.5) is 11.4 Å². The Morgan fingerprint density at radius 3 is 2.50 bits per heavy atom. The highest BCUT2D eigenvalue weighted by atomic mass is 16.3. The van der Waals surface area contributed by atoms with Gasteiger partial charge in [-0.15, -0.1) is 0 Å². The van der Waals surface area contributed by atoms with E-state index in [1.165, 1.54) is 5.69 Å². The molecule has 0 fully saturated rings. The van der Waals surface area contributed by atoms with Gasteiger partial charge in [-0.3, -0.25) is 0 Å². The number of hydrogen-bond acceptors (Lipinski definition) is 4. The van der Waals surface area contributed by atoms with Gasteiger partial charge in [0.25, 0.3) is 0 Å². The number of aliphatic hydroxyl groups excluding tert-OH is 1. The van der Waals surface area contributed by atoms with Gasteiger partial charge in [0.1, 0.15) is 0 Å². The van der Waals surface area contributed by atoms with E-state index in [9.17, 15) is 5.11 Å². The molecule has 1 heterocycles. The van der Waals surface area contributed by atoms with E-state index < -0.39 is 6.10 Å². The molecule has 124 valence electrons. The number of para-hydroxylation sites is 2. The summed E-state index contributed by atoms with van der Waals surface area (Å²) in [7, 11) is 2.12. The third kappa shape index (κ3) is 3.22. The highest BCUT2D eigenvalue weighted by molar-refractivity contribution is 5.72. The standard InChI is InChI=1S/C20H23N3O/c1-15-11-12-22(2)18-5-3-4-6-19(18)23(15)14-20(24)17-9-7-16(13-21)8-10-17/h3-10,15,20,24H,11-12,14H2,1-2H3. The predicted octanol–water partition coefficient (Wildman–Crippen LogP) is 3.33. The molecule has 3 rings (SSSR count). The van der Waals surface area contributed by atoms with Gasteiger partial charge in [0.05, 0.1) is 29.1 Å². The number of fused-ring (bicyclic) bond motifs is 1. The molecule has 1 aliphatic heterocycles. The minimum atomic E-state index is -0.586. The molecule has 24 heavy (non-hydrogen) atoms. The van der Waals surface area contributed by atoms with E-state index in [0.717, 1.165) is 24.2 Å². The molecule has 2 atom stereocenters. The second-order valence-corrected chi connectivity index (χ2v) is 6.45. The molecule has 0 aromatic heterocycles. The van der Waals surface area contributed by atoms with Gasteiger partial charge in [-0.05, 0) is 43.2 Å². The Labute approximate surface area is 143 Å². The van der Waals surface area contributed by atoms with Gasteiger partial charge in [0.2, 0.25) is 0 Å². The van der Waals surface area contributed by atoms with Gasteiger partial charge in [0, 0.05) is 26.2 Å². The lowest BCUT2D eigenvalue weighted by Gasteiger charge is -2.32. The number of nitrogens with zero attached hydrogens (tertiary/aromatic N) is 3. The smallest absolute Gasteiger partial charge is 0.0991 e. The Morgan fingerprint density at radius 2 is 1.83 bits per heavy atom. The summed E-state index contributed by atoms with van der Waals surface area (Å²) < 4.78 is 0. The van der Waals surface area contributed by atoms with E-state index in [-0.39, 0.29) is 0 Å². The molecule has 0 radical (unpaired) electrons. The van der Waals surface area contributed by atoms with Crippen molar-refractivity contribution in [1.82, 2.24) is 0 Å². The van der Waals surface area contributed by atoms with Crippen molar-refractivity contribution >= 4 is 11.4 Å². The average molecular weight is 321 g/mol. The van der Waals surface area contributed by atoms with Crippen LogP contribution >= 0.6 is 0 Å². The first-order chi connectivity index (χ1) is 11.6. The van der Waals surface area contributed by atoms with E-state index in [2.05, 4.69) is 48.0 Å². The monoisotopic (exact) mass is 321 g/mol. The van der Waals surface area contributed by atoms with E-state index >= 15 is 0 Å². The van der Waals surface area contributed by atoms with Crippen LogP contribution in [0.25, 0.3) is 0 Å². The van der Waals surface area contributed by atoms with Crippen LogP contribution in [-0.4, -0.2) is 31.3 Å². The van der Waals surface area contributed by atoms with Gasteiger partial charge in [-0.25, -0.2) is 0 Å². The van der Waals surface area contributed by atoms with Gasteiger partial charge in [-0.2, -0.15) is 5.26 Å². The SMILES string of the molecule is CC1CCN(C)c2ccccc2N1CC(O)c1ccc(C#N)cc1. The van der Waals surface area contributed by atoms with Crippen molar-refractivity contribution in [3.05, 3.63) is 59.7 Å². The molecule has 2 aromatic rings. The molecule has 0 aliphatic carbocycles. The van der Waals surface area contributed by atoms with Crippen LogP contribution in [0.15, 0.2) is 48.5 Å². The summed E-state index contributed by atoms with van der Waals surface area (Å²) in [5.74, 6) is 0. The number of rotatable bonds is 3. The average Bonchev–Trinajstić information content (AvgIpc) is 2.74. The summed E-state index contributed by atoms with van der Waals surface area (Å²) >= 11 is 0. The Hall–Kier alpha value is -2.51. The Kier molecular flexibility index (Phi) is 4.73. The third-order valence-electron chi connectivity index (χ3n) is 4.81. The second kappa shape index (κ2) is 6.94. The number of hydrogen-bond donors (Lipinski definition) is 1. The molecule has 1 aliphatic rings. The maximum atomic E-state index is 10.7. The fraction of sp³-hybridized carbons (Fsp3) is 0.350. The Morgan fingerprint density at radius 1 is 1.17 bits per heavy atom. The van der Waals surface area contributed by atoms with E-state index in [1.807, 2.05) is 18.2 Å². The number of benzene rings is 2. The molecule has 0 spiro atoms. The maximum absolute atomic E-state index is 10.7. The lowest BCUT2D eigenvalue weighted by molar-refractivity contribution is 0.180. The molecule has 0 saturated heterocycles. The van der Waals surface area contributed by atoms with Gasteiger partial charge in [0.15, 0.2) is 0 Å². The Balaban J connectivity index is 1.86. The van der Waals surface area contributed by atoms with E-state index in [0.29, 0.717) is 18.2 Å². The van der Waals surface area contributed by atoms with Crippen molar-refractivity contribution in [2.75, 3.05) is 29.9 Å². The largest absolute Gasteiger partial charge is 0.387 e. The molecule has 4 nitrogen and oxygen atoms in total. The van der Waals surface area contributed by atoms with Crippen LogP contribution in [0.3, 0.4) is 0 Å². The lowest BCUT2D eigenvalue weighted by Crippen LogP contribution is -2.36. The zero-order valence-corrected chi connectivity index (χ0v) is 14.2. The quantitative estimate of drug-likeness (QED) is 0.942. The summed E-state index contributed by atoms with van der Waals surface area (Å²) in [6, 6.07) is 18.0. The predicted molar refractivity (Wildman–Crippen MR) is 97.3 cm³/mol. The van der Waals surface area contributed by atoms with Gasteiger partial charge < -0.3 is 14.9 Å². The van der Waals surface area contributed by atoms with Crippen molar-refractivity contribution in [3.8, 4) is 6.07 Å². The van der Waals surface area contributed by atoms with Crippen molar-refractivity contribution in [2.24, 2.45) is 0 Å². The van der Waals surface area contributed by atoms with Crippen molar-refractivity contribution < 1.29 is 5.11 Å². The lowest BCUT2D eigenvalue weighted by atomic mass is 10.1. The molecule has 4 heteroatoms. The van der Waals surface area contributed by atoms with Crippen LogP contribution < -0.4 is 9.80 Å². The third-order valence-corrected chi connectivity index (χ3v) is 4.81. The molecule has 1 N–H and O–H groups in total. The molecule has 2 unspecified atom stereocenters. The minimum absolute atomic E-state index is 0.351.